The highest BCUT2D eigenvalue weighted by Gasteiger charge is 2.32. The molecule has 1 fully saturated rings. The molecule has 0 heterocycles. The van der Waals surface area contributed by atoms with Crippen molar-refractivity contribution in [3.8, 4) is 5.75 Å². The Balaban J connectivity index is 1.84. The van der Waals surface area contributed by atoms with Gasteiger partial charge < -0.3 is 15.2 Å². The van der Waals surface area contributed by atoms with Crippen molar-refractivity contribution >= 4 is 15.9 Å². The summed E-state index contributed by atoms with van der Waals surface area (Å²) in [4.78, 5) is 0. The first kappa shape index (κ1) is 16.8. The van der Waals surface area contributed by atoms with E-state index < -0.39 is 5.60 Å². The minimum Gasteiger partial charge on any atom is -0.497 e. The Morgan fingerprint density at radius 2 is 2.10 bits per heavy atom. The highest BCUT2D eigenvalue weighted by Crippen LogP contribution is 2.33. The van der Waals surface area contributed by atoms with Crippen LogP contribution in [0, 0.1) is 5.92 Å². The fourth-order valence-electron chi connectivity index (χ4n) is 3.04. The number of ether oxygens (including phenoxy) is 1. The molecular formula is C17H26BrNO2. The predicted molar refractivity (Wildman–Crippen MR) is 89.6 cm³/mol. The van der Waals surface area contributed by atoms with Crippen LogP contribution in [0.2, 0.25) is 0 Å². The zero-order valence-electron chi connectivity index (χ0n) is 13.0. The first-order valence-corrected chi connectivity index (χ1v) is 8.61. The molecule has 0 radical (unpaired) electrons. The molecule has 0 unspecified atom stereocenters. The Morgan fingerprint density at radius 3 is 2.71 bits per heavy atom. The number of rotatable bonds is 6. The average molecular weight is 356 g/mol. The molecule has 0 amide bonds. The fourth-order valence-corrected chi connectivity index (χ4v) is 3.43. The van der Waals surface area contributed by atoms with E-state index in [4.69, 9.17) is 4.74 Å². The number of halogens is 1. The maximum Gasteiger partial charge on any atom is 0.119 e. The van der Waals surface area contributed by atoms with Gasteiger partial charge in [0.2, 0.25) is 0 Å². The average Bonchev–Trinajstić information content (AvgIpc) is 2.50. The van der Waals surface area contributed by atoms with E-state index >= 15 is 0 Å². The SMILES string of the molecule is CCC1CCC(O)(CNCc2cc(OC)ccc2Br)CC1. The summed E-state index contributed by atoms with van der Waals surface area (Å²) in [6.45, 7) is 3.64. The van der Waals surface area contributed by atoms with E-state index in [2.05, 4.69) is 28.2 Å². The van der Waals surface area contributed by atoms with Gasteiger partial charge in [0.15, 0.2) is 0 Å². The van der Waals surface area contributed by atoms with E-state index in [0.29, 0.717) is 6.54 Å². The minimum absolute atomic E-state index is 0.531. The molecule has 2 rings (SSSR count). The van der Waals surface area contributed by atoms with Crippen LogP contribution in [-0.4, -0.2) is 24.4 Å². The van der Waals surface area contributed by atoms with Gasteiger partial charge in [-0.2, -0.15) is 0 Å². The number of benzene rings is 1. The third-order valence-corrected chi connectivity index (χ3v) is 5.41. The van der Waals surface area contributed by atoms with Crippen LogP contribution in [0.15, 0.2) is 22.7 Å². The summed E-state index contributed by atoms with van der Waals surface area (Å²) in [5.74, 6) is 1.66. The smallest absolute Gasteiger partial charge is 0.119 e. The second kappa shape index (κ2) is 7.61. The number of nitrogens with one attached hydrogen (secondary N) is 1. The fraction of sp³-hybridized carbons (Fsp3) is 0.647. The van der Waals surface area contributed by atoms with E-state index in [1.54, 1.807) is 7.11 Å². The van der Waals surface area contributed by atoms with Crippen molar-refractivity contribution in [1.82, 2.24) is 5.32 Å². The second-order valence-corrected chi connectivity index (χ2v) is 6.99. The lowest BCUT2D eigenvalue weighted by molar-refractivity contribution is -0.00882. The van der Waals surface area contributed by atoms with Gasteiger partial charge in [0, 0.05) is 17.6 Å². The molecule has 1 aliphatic rings. The lowest BCUT2D eigenvalue weighted by atomic mass is 9.78. The first-order chi connectivity index (χ1) is 10.1. The van der Waals surface area contributed by atoms with Gasteiger partial charge in [0.25, 0.3) is 0 Å². The molecule has 0 atom stereocenters. The van der Waals surface area contributed by atoms with Crippen molar-refractivity contribution in [2.45, 2.75) is 51.2 Å². The summed E-state index contributed by atoms with van der Waals surface area (Å²) in [6.07, 6.45) is 5.37. The van der Waals surface area contributed by atoms with Crippen LogP contribution in [0.1, 0.15) is 44.6 Å². The van der Waals surface area contributed by atoms with Gasteiger partial charge in [-0.15, -0.1) is 0 Å². The van der Waals surface area contributed by atoms with Gasteiger partial charge in [0.1, 0.15) is 5.75 Å². The van der Waals surface area contributed by atoms with Crippen LogP contribution in [0.5, 0.6) is 5.75 Å². The molecule has 1 saturated carbocycles. The van der Waals surface area contributed by atoms with Crippen molar-refractivity contribution in [3.05, 3.63) is 28.2 Å². The molecule has 1 aromatic carbocycles. The molecule has 1 aromatic rings. The van der Waals surface area contributed by atoms with Crippen molar-refractivity contribution in [2.24, 2.45) is 5.92 Å². The highest BCUT2D eigenvalue weighted by molar-refractivity contribution is 9.10. The van der Waals surface area contributed by atoms with E-state index in [1.165, 1.54) is 6.42 Å². The van der Waals surface area contributed by atoms with Crippen LogP contribution in [0.3, 0.4) is 0 Å². The van der Waals surface area contributed by atoms with Crippen molar-refractivity contribution in [1.29, 1.82) is 0 Å². The van der Waals surface area contributed by atoms with Gasteiger partial charge in [-0.05, 0) is 55.4 Å². The zero-order valence-corrected chi connectivity index (χ0v) is 14.6. The third-order valence-electron chi connectivity index (χ3n) is 4.64. The predicted octanol–water partition coefficient (Wildman–Crippen LogP) is 3.88. The van der Waals surface area contributed by atoms with Gasteiger partial charge in [-0.3, -0.25) is 0 Å². The van der Waals surface area contributed by atoms with Crippen LogP contribution < -0.4 is 10.1 Å². The van der Waals surface area contributed by atoms with Crippen molar-refractivity contribution in [2.75, 3.05) is 13.7 Å². The summed E-state index contributed by atoms with van der Waals surface area (Å²) < 4.78 is 6.32. The maximum absolute atomic E-state index is 10.6. The summed E-state index contributed by atoms with van der Waals surface area (Å²) in [7, 11) is 1.68. The maximum atomic E-state index is 10.6. The Labute approximate surface area is 136 Å². The molecule has 0 bridgehead atoms. The molecular weight excluding hydrogens is 330 g/mol. The molecule has 4 heteroatoms. The molecule has 21 heavy (non-hydrogen) atoms. The normalized spacial score (nSPS) is 25.8. The Bertz CT molecular complexity index is 456. The van der Waals surface area contributed by atoms with Crippen LogP contribution in [0.25, 0.3) is 0 Å². The second-order valence-electron chi connectivity index (χ2n) is 6.14. The monoisotopic (exact) mass is 355 g/mol. The molecule has 0 saturated heterocycles. The Hall–Kier alpha value is -0.580. The van der Waals surface area contributed by atoms with Gasteiger partial charge in [-0.1, -0.05) is 29.3 Å². The quantitative estimate of drug-likeness (QED) is 0.813. The van der Waals surface area contributed by atoms with Gasteiger partial charge in [0.05, 0.1) is 12.7 Å². The number of hydrogen-bond donors (Lipinski definition) is 2. The van der Waals surface area contributed by atoms with E-state index in [0.717, 1.165) is 53.9 Å². The Morgan fingerprint density at radius 1 is 1.38 bits per heavy atom. The summed E-state index contributed by atoms with van der Waals surface area (Å²) in [5, 5.41) is 14.0. The van der Waals surface area contributed by atoms with Crippen molar-refractivity contribution < 1.29 is 9.84 Å². The van der Waals surface area contributed by atoms with Gasteiger partial charge in [-0.25, -0.2) is 0 Å². The zero-order chi connectivity index (χ0) is 15.3. The first-order valence-electron chi connectivity index (χ1n) is 7.82. The largest absolute Gasteiger partial charge is 0.497 e. The standard InChI is InChI=1S/C17H26BrNO2/c1-3-13-6-8-17(20,9-7-13)12-19-11-14-10-15(21-2)4-5-16(14)18/h4-5,10,13,19-20H,3,6-9,11-12H2,1-2H3. The summed E-state index contributed by atoms with van der Waals surface area (Å²) in [6, 6.07) is 5.96. The molecule has 2 N–H and O–H groups in total. The lowest BCUT2D eigenvalue weighted by Gasteiger charge is -2.36. The molecule has 118 valence electrons. The van der Waals surface area contributed by atoms with E-state index in [9.17, 15) is 5.11 Å². The topological polar surface area (TPSA) is 41.5 Å². The molecule has 1 aliphatic carbocycles. The van der Waals surface area contributed by atoms with E-state index in [1.807, 2.05) is 18.2 Å². The summed E-state index contributed by atoms with van der Waals surface area (Å²) >= 11 is 3.56. The number of hydrogen-bond acceptors (Lipinski definition) is 3. The molecule has 0 aromatic heterocycles. The van der Waals surface area contributed by atoms with Crippen LogP contribution >= 0.6 is 15.9 Å². The van der Waals surface area contributed by atoms with Gasteiger partial charge >= 0.3 is 0 Å². The van der Waals surface area contributed by atoms with E-state index in [-0.39, 0.29) is 0 Å². The molecule has 0 aliphatic heterocycles. The minimum atomic E-state index is -0.531. The Kier molecular flexibility index (Phi) is 6.08. The van der Waals surface area contributed by atoms with Crippen LogP contribution in [-0.2, 0) is 6.54 Å². The number of aliphatic hydroxyl groups is 1. The molecule has 0 spiro atoms. The summed E-state index contributed by atoms with van der Waals surface area (Å²) in [5.41, 5.74) is 0.622. The lowest BCUT2D eigenvalue weighted by Crippen LogP contribution is -2.43. The van der Waals surface area contributed by atoms with Crippen molar-refractivity contribution in [3.63, 3.8) is 0 Å². The number of methoxy groups -OCH3 is 1. The molecule has 3 nitrogen and oxygen atoms in total. The third kappa shape index (κ3) is 4.70. The van der Waals surface area contributed by atoms with Crippen LogP contribution in [0.4, 0.5) is 0 Å². The highest BCUT2D eigenvalue weighted by atomic mass is 79.9.